The first-order valence-corrected chi connectivity index (χ1v) is 11.4. The first kappa shape index (κ1) is 17.5. The van der Waals surface area contributed by atoms with Crippen LogP contribution in [0.2, 0.25) is 0 Å². The summed E-state index contributed by atoms with van der Waals surface area (Å²) in [5, 5.41) is 4.66. The van der Waals surface area contributed by atoms with Crippen LogP contribution in [0.4, 0.5) is 0 Å². The third kappa shape index (κ3) is 2.96. The Bertz CT molecular complexity index is 1490. The van der Waals surface area contributed by atoms with Gasteiger partial charge >= 0.3 is 0 Å². The molecule has 2 aromatic heterocycles. The summed E-state index contributed by atoms with van der Waals surface area (Å²) in [5.74, 6) is -0.451. The van der Waals surface area contributed by atoms with Crippen molar-refractivity contribution in [2.24, 2.45) is 7.05 Å². The van der Waals surface area contributed by atoms with Crippen molar-refractivity contribution in [2.45, 2.75) is 44.9 Å². The summed E-state index contributed by atoms with van der Waals surface area (Å²) in [6.45, 7) is 2.15. The van der Waals surface area contributed by atoms with Crippen LogP contribution in [0.1, 0.15) is 50.5 Å². The second-order valence-electron chi connectivity index (χ2n) is 8.98. The van der Waals surface area contributed by atoms with Crippen molar-refractivity contribution in [3.63, 3.8) is 0 Å². The fourth-order valence-corrected chi connectivity index (χ4v) is 5.33. The SMILES string of the molecule is [2H]C1(c2ccc(-c3c(C)ccc4c3oc3c5ccccc5ccc43)[n+](C)c2)CCCCC1. The van der Waals surface area contributed by atoms with E-state index in [1.54, 1.807) is 0 Å². The number of hydrogen-bond donors (Lipinski definition) is 0. The Labute approximate surface area is 184 Å². The number of fused-ring (bicyclic) bond motifs is 5. The van der Waals surface area contributed by atoms with Gasteiger partial charge in [0.2, 0.25) is 5.69 Å². The summed E-state index contributed by atoms with van der Waals surface area (Å²) in [6, 6.07) is 21.5. The van der Waals surface area contributed by atoms with Gasteiger partial charge in [0, 0.05) is 29.2 Å². The van der Waals surface area contributed by atoms with Gasteiger partial charge in [0.05, 0.1) is 5.56 Å². The third-order valence-corrected chi connectivity index (χ3v) is 6.99. The first-order chi connectivity index (χ1) is 15.5. The first-order valence-electron chi connectivity index (χ1n) is 11.9. The average molecular weight is 408 g/mol. The number of hydrogen-bond acceptors (Lipinski definition) is 1. The van der Waals surface area contributed by atoms with Gasteiger partial charge in [-0.15, -0.1) is 0 Å². The fourth-order valence-electron chi connectivity index (χ4n) is 5.33. The second kappa shape index (κ2) is 7.23. The molecule has 1 fully saturated rings. The van der Waals surface area contributed by atoms with Gasteiger partial charge in [-0.3, -0.25) is 0 Å². The molecule has 6 rings (SSSR count). The lowest BCUT2D eigenvalue weighted by atomic mass is 9.84. The van der Waals surface area contributed by atoms with Gasteiger partial charge < -0.3 is 4.42 Å². The van der Waals surface area contributed by atoms with Gasteiger partial charge in [-0.05, 0) is 48.7 Å². The van der Waals surface area contributed by atoms with E-state index in [-0.39, 0.29) is 0 Å². The van der Waals surface area contributed by atoms with E-state index < -0.39 is 5.89 Å². The molecule has 2 heterocycles. The summed E-state index contributed by atoms with van der Waals surface area (Å²) in [5.41, 5.74) is 6.49. The molecule has 1 aliphatic carbocycles. The Balaban J connectivity index is 1.57. The minimum atomic E-state index is -0.451. The number of pyridine rings is 1. The Kier molecular flexibility index (Phi) is 4.09. The summed E-state index contributed by atoms with van der Waals surface area (Å²) in [4.78, 5) is 0. The summed E-state index contributed by atoms with van der Waals surface area (Å²) in [6.07, 6.45) is 7.65. The average Bonchev–Trinajstić information content (AvgIpc) is 3.19. The monoisotopic (exact) mass is 407 g/mol. The van der Waals surface area contributed by atoms with Crippen LogP contribution >= 0.6 is 0 Å². The van der Waals surface area contributed by atoms with Crippen LogP contribution in [0.25, 0.3) is 44.0 Å². The number of rotatable bonds is 2. The van der Waals surface area contributed by atoms with E-state index in [2.05, 4.69) is 85.4 Å². The summed E-state index contributed by atoms with van der Waals surface area (Å²) in [7, 11) is 2.10. The van der Waals surface area contributed by atoms with Crippen molar-refractivity contribution in [1.82, 2.24) is 0 Å². The number of aromatic nitrogens is 1. The smallest absolute Gasteiger partial charge is 0.216 e. The normalized spacial score (nSPS) is 16.8. The molecule has 5 aromatic rings. The van der Waals surface area contributed by atoms with Gasteiger partial charge in [-0.25, -0.2) is 4.57 Å². The Morgan fingerprint density at radius 3 is 2.45 bits per heavy atom. The van der Waals surface area contributed by atoms with E-state index in [0.29, 0.717) is 0 Å². The molecule has 0 spiro atoms. The number of nitrogens with zero attached hydrogens (tertiary/aromatic N) is 1. The second-order valence-corrected chi connectivity index (χ2v) is 8.98. The minimum Gasteiger partial charge on any atom is -0.454 e. The molecule has 0 N–H and O–H groups in total. The molecule has 0 saturated heterocycles. The lowest BCUT2D eigenvalue weighted by molar-refractivity contribution is -0.660. The van der Waals surface area contributed by atoms with Crippen molar-refractivity contribution in [1.29, 1.82) is 0 Å². The van der Waals surface area contributed by atoms with Crippen molar-refractivity contribution >= 4 is 32.7 Å². The van der Waals surface area contributed by atoms with Gasteiger partial charge in [0.15, 0.2) is 6.20 Å². The topological polar surface area (TPSA) is 17.0 Å². The molecule has 1 saturated carbocycles. The number of furan rings is 1. The van der Waals surface area contributed by atoms with E-state index in [4.69, 9.17) is 5.79 Å². The lowest BCUT2D eigenvalue weighted by Gasteiger charge is -2.21. The van der Waals surface area contributed by atoms with Crippen LogP contribution < -0.4 is 4.57 Å². The van der Waals surface area contributed by atoms with Crippen LogP contribution in [0.5, 0.6) is 0 Å². The molecule has 2 nitrogen and oxygen atoms in total. The molecular weight excluding hydrogens is 378 g/mol. The predicted molar refractivity (Wildman–Crippen MR) is 128 cm³/mol. The molecule has 3 aromatic carbocycles. The molecule has 0 aliphatic heterocycles. The predicted octanol–water partition coefficient (Wildman–Crippen LogP) is 7.59. The van der Waals surface area contributed by atoms with Crippen molar-refractivity contribution in [2.75, 3.05) is 0 Å². The Morgan fingerprint density at radius 2 is 1.61 bits per heavy atom. The van der Waals surface area contributed by atoms with Crippen molar-refractivity contribution in [3.8, 4) is 11.3 Å². The van der Waals surface area contributed by atoms with E-state index in [1.807, 2.05) is 0 Å². The zero-order valence-electron chi connectivity index (χ0n) is 19.2. The molecule has 31 heavy (non-hydrogen) atoms. The standard InChI is InChI=1S/C29H28NO/c1-19-12-15-25-24-16-13-21-10-6-7-11-23(21)28(24)31-29(25)27(19)26-17-14-22(18-30(26)2)20-8-4-3-5-9-20/h6-7,10-18,20H,3-5,8-9H2,1-2H3/q+1/i20D. The summed E-state index contributed by atoms with van der Waals surface area (Å²) < 4.78 is 17.8. The highest BCUT2D eigenvalue weighted by Crippen LogP contribution is 2.40. The minimum absolute atomic E-state index is 0.451. The highest BCUT2D eigenvalue weighted by Gasteiger charge is 2.23. The number of aryl methyl sites for hydroxylation is 2. The molecule has 0 amide bonds. The Hall–Kier alpha value is -3.13. The maximum atomic E-state index is 9.02. The van der Waals surface area contributed by atoms with Gasteiger partial charge in [0.25, 0.3) is 0 Å². The van der Waals surface area contributed by atoms with Crippen LogP contribution in [0, 0.1) is 6.92 Å². The molecule has 0 radical (unpaired) electrons. The third-order valence-electron chi connectivity index (χ3n) is 6.99. The quantitative estimate of drug-likeness (QED) is 0.276. The van der Waals surface area contributed by atoms with Gasteiger partial charge in [-0.2, -0.15) is 0 Å². The number of benzene rings is 3. The van der Waals surface area contributed by atoms with E-state index >= 15 is 0 Å². The van der Waals surface area contributed by atoms with Crippen LogP contribution in [-0.4, -0.2) is 0 Å². The zero-order valence-corrected chi connectivity index (χ0v) is 18.2. The van der Waals surface area contributed by atoms with E-state index in [0.717, 1.165) is 69.8 Å². The van der Waals surface area contributed by atoms with Crippen molar-refractivity contribution < 1.29 is 10.4 Å². The largest absolute Gasteiger partial charge is 0.454 e. The molecule has 2 heteroatoms. The molecule has 154 valence electrons. The van der Waals surface area contributed by atoms with Crippen LogP contribution in [0.3, 0.4) is 0 Å². The maximum Gasteiger partial charge on any atom is 0.216 e. The molecule has 0 atom stereocenters. The highest BCUT2D eigenvalue weighted by molar-refractivity contribution is 6.17. The molecule has 0 bridgehead atoms. The van der Waals surface area contributed by atoms with Crippen LogP contribution in [0.15, 0.2) is 71.3 Å². The maximum absolute atomic E-state index is 9.02. The van der Waals surface area contributed by atoms with Crippen LogP contribution in [-0.2, 0) is 7.05 Å². The van der Waals surface area contributed by atoms with Gasteiger partial charge in [-0.1, -0.05) is 61.7 Å². The molecular formula is C29H28NO+. The van der Waals surface area contributed by atoms with E-state index in [9.17, 15) is 0 Å². The zero-order chi connectivity index (χ0) is 21.9. The summed E-state index contributed by atoms with van der Waals surface area (Å²) >= 11 is 0. The fraction of sp³-hybridized carbons (Fsp3) is 0.276. The van der Waals surface area contributed by atoms with E-state index in [1.165, 1.54) is 17.4 Å². The lowest BCUT2D eigenvalue weighted by Crippen LogP contribution is -2.32. The Morgan fingerprint density at radius 1 is 0.839 bits per heavy atom. The molecule has 0 unspecified atom stereocenters. The van der Waals surface area contributed by atoms with Crippen molar-refractivity contribution in [3.05, 3.63) is 78.0 Å². The van der Waals surface area contributed by atoms with Gasteiger partial charge in [0.1, 0.15) is 18.2 Å². The highest BCUT2D eigenvalue weighted by atomic mass is 16.3. The molecule has 1 aliphatic rings.